The highest BCUT2D eigenvalue weighted by Crippen LogP contribution is 2.24. The Morgan fingerprint density at radius 2 is 1.75 bits per heavy atom. The Hall–Kier alpha value is -2.59. The molecule has 28 heavy (non-hydrogen) atoms. The molecule has 2 aromatic carbocycles. The topological polar surface area (TPSA) is 56.3 Å². The highest BCUT2D eigenvalue weighted by molar-refractivity contribution is 5.84. The number of carbonyl (C=O) groups is 1. The Morgan fingerprint density at radius 3 is 2.50 bits per heavy atom. The summed E-state index contributed by atoms with van der Waals surface area (Å²) in [6.45, 7) is 1.83. The van der Waals surface area contributed by atoms with Gasteiger partial charge in [-0.2, -0.15) is 0 Å². The normalized spacial score (nSPS) is 15.2. The summed E-state index contributed by atoms with van der Waals surface area (Å²) >= 11 is 0. The van der Waals surface area contributed by atoms with Gasteiger partial charge in [0.15, 0.2) is 0 Å². The van der Waals surface area contributed by atoms with Crippen LogP contribution in [-0.4, -0.2) is 34.0 Å². The Bertz CT molecular complexity index is 921. The van der Waals surface area contributed by atoms with Crippen LogP contribution in [0, 0.1) is 5.92 Å². The van der Waals surface area contributed by atoms with E-state index in [-0.39, 0.29) is 12.5 Å². The molecular weight excluding hydrogens is 348 g/mol. The van der Waals surface area contributed by atoms with Crippen LogP contribution in [0.1, 0.15) is 36.0 Å². The number of aromatic nitrogens is 1. The predicted octanol–water partition coefficient (Wildman–Crippen LogP) is 4.07. The monoisotopic (exact) mass is 376 g/mol. The molecule has 0 bridgehead atoms. The number of aliphatic hydroxyl groups excluding tert-OH is 1. The fourth-order valence-corrected chi connectivity index (χ4v) is 4.24. The number of aliphatic hydroxyl groups is 1. The van der Waals surface area contributed by atoms with E-state index in [0.717, 1.165) is 49.9 Å². The molecule has 1 saturated heterocycles. The first-order valence-electron chi connectivity index (χ1n) is 10.2. The molecule has 0 aliphatic carbocycles. The highest BCUT2D eigenvalue weighted by Gasteiger charge is 2.23. The number of rotatable bonds is 6. The summed E-state index contributed by atoms with van der Waals surface area (Å²) in [6.07, 6.45) is 6.60. The number of benzene rings is 2. The molecule has 0 saturated carbocycles. The minimum absolute atomic E-state index is 0.0966. The molecule has 1 fully saturated rings. The number of hydrogen-bond acceptors (Lipinski definition) is 2. The quantitative estimate of drug-likeness (QED) is 0.681. The smallest absolute Gasteiger partial charge is 0.222 e. The second-order valence-corrected chi connectivity index (χ2v) is 7.86. The first kappa shape index (κ1) is 18.8. The number of aryl methyl sites for hydroxylation is 1. The number of carbonyl (C=O) groups excluding carboxylic acids is 1. The lowest BCUT2D eigenvalue weighted by atomic mass is 9.89. The zero-order valence-corrected chi connectivity index (χ0v) is 16.2. The van der Waals surface area contributed by atoms with Crippen molar-refractivity contribution in [3.8, 4) is 0 Å². The van der Waals surface area contributed by atoms with Crippen molar-refractivity contribution >= 4 is 16.8 Å². The molecule has 1 aliphatic heterocycles. The molecule has 1 amide bonds. The number of piperidine rings is 1. The van der Waals surface area contributed by atoms with Crippen LogP contribution >= 0.6 is 0 Å². The number of fused-ring (bicyclic) bond motifs is 1. The molecule has 0 unspecified atom stereocenters. The van der Waals surface area contributed by atoms with Crippen molar-refractivity contribution in [3.05, 3.63) is 71.4 Å². The fourth-order valence-electron chi connectivity index (χ4n) is 4.24. The summed E-state index contributed by atoms with van der Waals surface area (Å²) in [5, 5.41) is 10.4. The standard InChI is InChI=1S/C24H28N2O2/c27-17-20-7-5-18(6-8-20)15-19-11-13-26(14-12-19)24(28)10-9-21-16-25-23-4-2-1-3-22(21)23/h1-8,16,19,25,27H,9-15,17H2. The molecule has 146 valence electrons. The number of hydrogen-bond donors (Lipinski definition) is 2. The second kappa shape index (κ2) is 8.61. The molecule has 0 atom stereocenters. The van der Waals surface area contributed by atoms with E-state index in [1.807, 2.05) is 35.4 Å². The summed E-state index contributed by atoms with van der Waals surface area (Å²) < 4.78 is 0. The van der Waals surface area contributed by atoms with Gasteiger partial charge in [-0.3, -0.25) is 4.79 Å². The van der Waals surface area contributed by atoms with Crippen molar-refractivity contribution in [2.45, 2.75) is 38.7 Å². The molecule has 1 aromatic heterocycles. The third-order valence-corrected chi connectivity index (χ3v) is 5.98. The van der Waals surface area contributed by atoms with Crippen LogP contribution in [-0.2, 0) is 24.2 Å². The van der Waals surface area contributed by atoms with Gasteiger partial charge in [0.25, 0.3) is 0 Å². The van der Waals surface area contributed by atoms with Gasteiger partial charge in [-0.05, 0) is 54.4 Å². The van der Waals surface area contributed by atoms with Gasteiger partial charge in [0.1, 0.15) is 0 Å². The molecule has 2 heterocycles. The average molecular weight is 377 g/mol. The maximum atomic E-state index is 12.7. The van der Waals surface area contributed by atoms with Gasteiger partial charge in [0.2, 0.25) is 5.91 Å². The molecule has 4 heteroatoms. The van der Waals surface area contributed by atoms with Crippen LogP contribution in [0.15, 0.2) is 54.7 Å². The van der Waals surface area contributed by atoms with Crippen molar-refractivity contribution < 1.29 is 9.90 Å². The summed E-state index contributed by atoms with van der Waals surface area (Å²) in [6, 6.07) is 16.5. The summed E-state index contributed by atoms with van der Waals surface area (Å²) in [4.78, 5) is 18.0. The SMILES string of the molecule is O=C(CCc1c[nH]c2ccccc12)N1CCC(Cc2ccc(CO)cc2)CC1. The molecule has 3 aromatic rings. The van der Waals surface area contributed by atoms with E-state index in [9.17, 15) is 4.79 Å². The molecule has 0 radical (unpaired) electrons. The van der Waals surface area contributed by atoms with Crippen LogP contribution in [0.3, 0.4) is 0 Å². The van der Waals surface area contributed by atoms with Crippen molar-refractivity contribution in [2.24, 2.45) is 5.92 Å². The van der Waals surface area contributed by atoms with Gasteiger partial charge in [0.05, 0.1) is 6.61 Å². The number of nitrogens with one attached hydrogen (secondary N) is 1. The van der Waals surface area contributed by atoms with Gasteiger partial charge < -0.3 is 15.0 Å². The Kier molecular flexibility index (Phi) is 5.77. The Labute approximate surface area is 166 Å². The van der Waals surface area contributed by atoms with Gasteiger partial charge >= 0.3 is 0 Å². The van der Waals surface area contributed by atoms with Crippen LogP contribution in [0.2, 0.25) is 0 Å². The zero-order valence-electron chi connectivity index (χ0n) is 16.2. The van der Waals surface area contributed by atoms with Gasteiger partial charge in [0, 0.05) is 36.6 Å². The number of H-pyrrole nitrogens is 1. The van der Waals surface area contributed by atoms with Crippen molar-refractivity contribution in [2.75, 3.05) is 13.1 Å². The number of likely N-dealkylation sites (tertiary alicyclic amines) is 1. The third kappa shape index (κ3) is 4.28. The molecular formula is C24H28N2O2. The van der Waals surface area contributed by atoms with Crippen LogP contribution < -0.4 is 0 Å². The highest BCUT2D eigenvalue weighted by atomic mass is 16.3. The Balaban J connectivity index is 1.25. The number of amides is 1. The summed E-state index contributed by atoms with van der Waals surface area (Å²) in [5.41, 5.74) is 4.64. The Morgan fingerprint density at radius 1 is 1.04 bits per heavy atom. The largest absolute Gasteiger partial charge is 0.392 e. The third-order valence-electron chi connectivity index (χ3n) is 5.98. The van der Waals surface area contributed by atoms with Crippen molar-refractivity contribution in [1.82, 2.24) is 9.88 Å². The molecule has 2 N–H and O–H groups in total. The molecule has 1 aliphatic rings. The fraction of sp³-hybridized carbons (Fsp3) is 0.375. The maximum absolute atomic E-state index is 12.7. The van der Waals surface area contributed by atoms with E-state index in [1.54, 1.807) is 0 Å². The van der Waals surface area contributed by atoms with Gasteiger partial charge in [-0.25, -0.2) is 0 Å². The van der Waals surface area contributed by atoms with E-state index >= 15 is 0 Å². The molecule has 0 spiro atoms. The second-order valence-electron chi connectivity index (χ2n) is 7.86. The van der Waals surface area contributed by atoms with E-state index in [1.165, 1.54) is 16.5 Å². The van der Waals surface area contributed by atoms with Crippen molar-refractivity contribution in [3.63, 3.8) is 0 Å². The number of para-hydroxylation sites is 1. The number of aromatic amines is 1. The van der Waals surface area contributed by atoms with Crippen molar-refractivity contribution in [1.29, 1.82) is 0 Å². The van der Waals surface area contributed by atoms with E-state index in [2.05, 4.69) is 29.2 Å². The first-order chi connectivity index (χ1) is 13.7. The van der Waals surface area contributed by atoms with Gasteiger partial charge in [-0.15, -0.1) is 0 Å². The average Bonchev–Trinajstić information content (AvgIpc) is 3.16. The molecule has 4 nitrogen and oxygen atoms in total. The van der Waals surface area contributed by atoms with Gasteiger partial charge in [-0.1, -0.05) is 42.5 Å². The maximum Gasteiger partial charge on any atom is 0.222 e. The number of nitrogens with zero attached hydrogens (tertiary/aromatic N) is 1. The molecule has 4 rings (SSSR count). The summed E-state index contributed by atoms with van der Waals surface area (Å²) in [5.74, 6) is 0.911. The lowest BCUT2D eigenvalue weighted by molar-refractivity contribution is -0.132. The lowest BCUT2D eigenvalue weighted by Crippen LogP contribution is -2.39. The first-order valence-corrected chi connectivity index (χ1v) is 10.2. The zero-order chi connectivity index (χ0) is 19.3. The van der Waals surface area contributed by atoms with Crippen LogP contribution in [0.25, 0.3) is 10.9 Å². The van der Waals surface area contributed by atoms with Crippen LogP contribution in [0.5, 0.6) is 0 Å². The van der Waals surface area contributed by atoms with E-state index in [0.29, 0.717) is 12.3 Å². The minimum Gasteiger partial charge on any atom is -0.392 e. The summed E-state index contributed by atoms with van der Waals surface area (Å²) in [7, 11) is 0. The predicted molar refractivity (Wildman–Crippen MR) is 112 cm³/mol. The minimum atomic E-state index is 0.0966. The van der Waals surface area contributed by atoms with Crippen LogP contribution in [0.4, 0.5) is 0 Å². The lowest BCUT2D eigenvalue weighted by Gasteiger charge is -2.32. The van der Waals surface area contributed by atoms with E-state index < -0.39 is 0 Å². The van der Waals surface area contributed by atoms with E-state index in [4.69, 9.17) is 5.11 Å².